The lowest BCUT2D eigenvalue weighted by molar-refractivity contribution is -0.137. The van der Waals surface area contributed by atoms with Gasteiger partial charge in [-0.05, 0) is 0 Å². The minimum Gasteiger partial charge on any atom is -0.382 e. The van der Waals surface area contributed by atoms with E-state index in [9.17, 15) is 14.4 Å². The Morgan fingerprint density at radius 2 is 2.35 bits per heavy atom. The van der Waals surface area contributed by atoms with E-state index in [1.807, 2.05) is 0 Å². The molecular weight excluding hydrogens is 226 g/mol. The van der Waals surface area contributed by atoms with Crippen molar-refractivity contribution >= 4 is 23.5 Å². The first kappa shape index (κ1) is 11.1. The summed E-state index contributed by atoms with van der Waals surface area (Å²) in [6.07, 6.45) is -0.0231. The van der Waals surface area contributed by atoms with Gasteiger partial charge in [-0.1, -0.05) is 0 Å². The first-order valence-electron chi connectivity index (χ1n) is 4.91. The van der Waals surface area contributed by atoms with Crippen molar-refractivity contribution in [3.63, 3.8) is 0 Å². The lowest BCUT2D eigenvalue weighted by atomic mass is 10.2. The zero-order valence-electron chi connectivity index (χ0n) is 9.06. The van der Waals surface area contributed by atoms with E-state index in [4.69, 9.17) is 5.73 Å². The molecule has 1 unspecified atom stereocenters. The fraction of sp³-hybridized carbons (Fsp3) is 0.333. The Kier molecular flexibility index (Phi) is 2.54. The van der Waals surface area contributed by atoms with E-state index in [0.29, 0.717) is 0 Å². The van der Waals surface area contributed by atoms with Crippen molar-refractivity contribution in [1.82, 2.24) is 20.4 Å². The van der Waals surface area contributed by atoms with E-state index >= 15 is 0 Å². The molecule has 2 rings (SSSR count). The molecule has 0 aromatic carbocycles. The fourth-order valence-electron chi connectivity index (χ4n) is 1.56. The molecule has 90 valence electrons. The predicted molar refractivity (Wildman–Crippen MR) is 56.6 cm³/mol. The second-order valence-electron chi connectivity index (χ2n) is 3.73. The maximum absolute atomic E-state index is 11.7. The van der Waals surface area contributed by atoms with Crippen molar-refractivity contribution in [1.29, 1.82) is 0 Å². The average Bonchev–Trinajstić information content (AvgIpc) is 2.80. The van der Waals surface area contributed by atoms with Crippen molar-refractivity contribution in [3.8, 4) is 0 Å². The van der Waals surface area contributed by atoms with Crippen molar-refractivity contribution in [2.24, 2.45) is 0 Å². The Balaban J connectivity index is 2.05. The quantitative estimate of drug-likeness (QED) is 0.539. The minimum absolute atomic E-state index is 0.0231. The van der Waals surface area contributed by atoms with Gasteiger partial charge >= 0.3 is 0 Å². The zero-order chi connectivity index (χ0) is 12.6. The van der Waals surface area contributed by atoms with E-state index in [2.05, 4.69) is 15.5 Å². The topological polar surface area (TPSA) is 121 Å². The summed E-state index contributed by atoms with van der Waals surface area (Å²) >= 11 is 0. The third-order valence-electron chi connectivity index (χ3n) is 2.53. The molecule has 2 heterocycles. The van der Waals surface area contributed by atoms with Crippen LogP contribution in [-0.2, 0) is 9.59 Å². The van der Waals surface area contributed by atoms with Gasteiger partial charge in [-0.2, -0.15) is 5.10 Å². The van der Waals surface area contributed by atoms with Crippen LogP contribution in [-0.4, -0.2) is 45.9 Å². The second kappa shape index (κ2) is 3.89. The summed E-state index contributed by atoms with van der Waals surface area (Å²) in [7, 11) is 1.38. The van der Waals surface area contributed by atoms with Crippen LogP contribution in [0.15, 0.2) is 6.07 Å². The van der Waals surface area contributed by atoms with Crippen LogP contribution in [0.5, 0.6) is 0 Å². The number of carbonyl (C=O) groups is 3. The summed E-state index contributed by atoms with van der Waals surface area (Å²) in [5.74, 6) is -1.07. The number of carbonyl (C=O) groups excluding carboxylic acids is 3. The standard InChI is InChI=1S/C9H11N5O3/c1-14-7(15)3-5(9(14)17)11-8(16)4-2-6(10)13-12-4/h2,5H,3H2,1H3,(H,11,16)(H3,10,12,13). The van der Waals surface area contributed by atoms with Crippen LogP contribution in [0.25, 0.3) is 0 Å². The van der Waals surface area contributed by atoms with Crippen LogP contribution in [0.1, 0.15) is 16.9 Å². The molecule has 1 aliphatic rings. The number of nitrogens with two attached hydrogens (primary N) is 1. The number of likely N-dealkylation sites (N-methyl/N-ethyl adjacent to an activating group) is 1. The number of rotatable bonds is 2. The number of nitrogens with one attached hydrogen (secondary N) is 2. The number of nitrogen functional groups attached to an aromatic ring is 1. The van der Waals surface area contributed by atoms with Crippen molar-refractivity contribution < 1.29 is 14.4 Å². The molecule has 1 aliphatic heterocycles. The third kappa shape index (κ3) is 1.96. The Labute approximate surface area is 96.1 Å². The highest BCUT2D eigenvalue weighted by atomic mass is 16.2. The highest BCUT2D eigenvalue weighted by Crippen LogP contribution is 2.11. The van der Waals surface area contributed by atoms with Crippen LogP contribution >= 0.6 is 0 Å². The summed E-state index contributed by atoms with van der Waals surface area (Å²) in [5.41, 5.74) is 5.49. The van der Waals surface area contributed by atoms with Crippen LogP contribution in [0.4, 0.5) is 5.82 Å². The molecule has 17 heavy (non-hydrogen) atoms. The largest absolute Gasteiger partial charge is 0.382 e. The van der Waals surface area contributed by atoms with E-state index < -0.39 is 17.9 Å². The van der Waals surface area contributed by atoms with Crippen LogP contribution in [0, 0.1) is 0 Å². The van der Waals surface area contributed by atoms with Gasteiger partial charge in [-0.15, -0.1) is 0 Å². The van der Waals surface area contributed by atoms with Gasteiger partial charge in [0.1, 0.15) is 17.6 Å². The maximum atomic E-state index is 11.7. The predicted octanol–water partition coefficient (Wildman–Crippen LogP) is -1.52. The van der Waals surface area contributed by atoms with Crippen molar-refractivity contribution in [3.05, 3.63) is 11.8 Å². The van der Waals surface area contributed by atoms with E-state index in [1.54, 1.807) is 0 Å². The highest BCUT2D eigenvalue weighted by Gasteiger charge is 2.37. The molecule has 1 fully saturated rings. The minimum atomic E-state index is -0.815. The third-order valence-corrected chi connectivity index (χ3v) is 2.53. The number of amides is 3. The highest BCUT2D eigenvalue weighted by molar-refractivity contribution is 6.07. The van der Waals surface area contributed by atoms with Crippen LogP contribution in [0.2, 0.25) is 0 Å². The molecule has 1 aromatic heterocycles. The number of anilines is 1. The molecule has 8 nitrogen and oxygen atoms in total. The number of aromatic amines is 1. The van der Waals surface area contributed by atoms with E-state index in [0.717, 1.165) is 4.90 Å². The average molecular weight is 237 g/mol. The molecule has 0 aliphatic carbocycles. The molecule has 1 atom stereocenters. The normalized spacial score (nSPS) is 19.8. The second-order valence-corrected chi connectivity index (χ2v) is 3.73. The van der Waals surface area contributed by atoms with Gasteiger partial charge in [0.15, 0.2) is 0 Å². The first-order chi connectivity index (χ1) is 7.99. The first-order valence-corrected chi connectivity index (χ1v) is 4.91. The van der Waals surface area contributed by atoms with Crippen molar-refractivity contribution in [2.45, 2.75) is 12.5 Å². The number of hydrogen-bond donors (Lipinski definition) is 3. The molecule has 4 N–H and O–H groups in total. The molecule has 0 saturated carbocycles. The van der Waals surface area contributed by atoms with Gasteiger partial charge in [-0.3, -0.25) is 24.4 Å². The molecule has 3 amide bonds. The van der Waals surface area contributed by atoms with Gasteiger partial charge in [0, 0.05) is 13.1 Å². The Bertz CT molecular complexity index is 495. The monoisotopic (exact) mass is 237 g/mol. The zero-order valence-corrected chi connectivity index (χ0v) is 9.06. The SMILES string of the molecule is CN1C(=O)CC(NC(=O)c2cc(N)n[nH]2)C1=O. The van der Waals surface area contributed by atoms with Gasteiger partial charge in [0.05, 0.1) is 6.42 Å². The fourth-order valence-corrected chi connectivity index (χ4v) is 1.56. The lowest BCUT2D eigenvalue weighted by Gasteiger charge is -2.09. The molecule has 1 aromatic rings. The van der Waals surface area contributed by atoms with E-state index in [1.165, 1.54) is 13.1 Å². The smallest absolute Gasteiger partial charge is 0.270 e. The van der Waals surface area contributed by atoms with Gasteiger partial charge in [0.25, 0.3) is 11.8 Å². The Morgan fingerprint density at radius 3 is 2.82 bits per heavy atom. The molecule has 8 heteroatoms. The number of hydrogen-bond acceptors (Lipinski definition) is 5. The molecular formula is C9H11N5O3. The summed E-state index contributed by atoms with van der Waals surface area (Å²) in [6.45, 7) is 0. The van der Waals surface area contributed by atoms with Gasteiger partial charge < -0.3 is 11.1 Å². The van der Waals surface area contributed by atoms with Gasteiger partial charge in [0.2, 0.25) is 5.91 Å². The summed E-state index contributed by atoms with van der Waals surface area (Å²) in [4.78, 5) is 35.4. The lowest BCUT2D eigenvalue weighted by Crippen LogP contribution is -2.40. The Morgan fingerprint density at radius 1 is 1.65 bits per heavy atom. The molecule has 1 saturated heterocycles. The number of imide groups is 1. The summed E-state index contributed by atoms with van der Waals surface area (Å²) in [6, 6.07) is 0.532. The van der Waals surface area contributed by atoms with Crippen LogP contribution < -0.4 is 11.1 Å². The number of aromatic nitrogens is 2. The van der Waals surface area contributed by atoms with E-state index in [-0.39, 0.29) is 23.8 Å². The number of likely N-dealkylation sites (tertiary alicyclic amines) is 1. The van der Waals surface area contributed by atoms with Crippen molar-refractivity contribution in [2.75, 3.05) is 12.8 Å². The number of H-pyrrole nitrogens is 1. The summed E-state index contributed by atoms with van der Waals surface area (Å²) in [5, 5.41) is 8.45. The Hall–Kier alpha value is -2.38. The summed E-state index contributed by atoms with van der Waals surface area (Å²) < 4.78 is 0. The van der Waals surface area contributed by atoms with Crippen LogP contribution in [0.3, 0.4) is 0 Å². The number of nitrogens with zero attached hydrogens (tertiary/aromatic N) is 2. The molecule has 0 spiro atoms. The maximum Gasteiger partial charge on any atom is 0.270 e. The van der Waals surface area contributed by atoms with Gasteiger partial charge in [-0.25, -0.2) is 0 Å². The molecule has 0 bridgehead atoms. The molecule has 0 radical (unpaired) electrons.